The van der Waals surface area contributed by atoms with E-state index in [1.165, 1.54) is 18.3 Å². The number of amides is 1. The zero-order valence-corrected chi connectivity index (χ0v) is 21.1. The van der Waals surface area contributed by atoms with E-state index in [1.807, 2.05) is 48.5 Å². The standard InChI is InChI=1S/C29H28N4O6/c1-2-20-7-9-23(10-8-20)24-15-26(39-28(16-24)38-19-22-5-3-21(18-34)4-6-22)29(35)31-14-13-30-27-12-11-25(17-32-27)33(36)37/h1,3-12,15,17,24,28,34H,13-14,16,18-19H2,(H,30,32)(H,31,35)/t24-,28+/m1/s1. The van der Waals surface area contributed by atoms with Crippen LogP contribution in [0.4, 0.5) is 11.5 Å². The Morgan fingerprint density at radius 3 is 2.51 bits per heavy atom. The van der Waals surface area contributed by atoms with E-state index in [1.54, 1.807) is 6.08 Å². The smallest absolute Gasteiger partial charge is 0.287 e. The summed E-state index contributed by atoms with van der Waals surface area (Å²) in [5.74, 6) is 2.70. The van der Waals surface area contributed by atoms with Gasteiger partial charge < -0.3 is 25.2 Å². The van der Waals surface area contributed by atoms with Gasteiger partial charge in [-0.1, -0.05) is 42.3 Å². The fourth-order valence-corrected chi connectivity index (χ4v) is 3.96. The number of aliphatic hydroxyl groups is 1. The molecule has 1 aliphatic rings. The van der Waals surface area contributed by atoms with Crippen LogP contribution in [0.5, 0.6) is 0 Å². The first-order chi connectivity index (χ1) is 18.9. The van der Waals surface area contributed by atoms with Gasteiger partial charge in [0, 0.05) is 37.1 Å². The normalized spacial score (nSPS) is 16.4. The summed E-state index contributed by atoms with van der Waals surface area (Å²) in [7, 11) is 0. The highest BCUT2D eigenvalue weighted by Crippen LogP contribution is 2.32. The summed E-state index contributed by atoms with van der Waals surface area (Å²) in [6.45, 7) is 0.864. The molecule has 2 aromatic carbocycles. The average Bonchev–Trinajstić information content (AvgIpc) is 2.98. The van der Waals surface area contributed by atoms with Gasteiger partial charge in [0.1, 0.15) is 12.0 Å². The molecule has 1 aromatic heterocycles. The van der Waals surface area contributed by atoms with Crippen molar-refractivity contribution < 1.29 is 24.3 Å². The first kappa shape index (κ1) is 27.3. The van der Waals surface area contributed by atoms with Crippen LogP contribution >= 0.6 is 0 Å². The Balaban J connectivity index is 1.38. The number of terminal acetylenes is 1. The number of carbonyl (C=O) groups excluding carboxylic acids is 1. The molecule has 0 spiro atoms. The van der Waals surface area contributed by atoms with Crippen molar-refractivity contribution in [2.45, 2.75) is 31.8 Å². The first-order valence-corrected chi connectivity index (χ1v) is 12.3. The summed E-state index contributed by atoms with van der Waals surface area (Å²) in [5, 5.41) is 25.8. The number of aromatic nitrogens is 1. The highest BCUT2D eigenvalue weighted by atomic mass is 16.7. The predicted molar refractivity (Wildman–Crippen MR) is 144 cm³/mol. The van der Waals surface area contributed by atoms with Gasteiger partial charge in [-0.2, -0.15) is 0 Å². The van der Waals surface area contributed by atoms with Gasteiger partial charge >= 0.3 is 0 Å². The number of pyridine rings is 1. The Morgan fingerprint density at radius 2 is 1.87 bits per heavy atom. The van der Waals surface area contributed by atoms with E-state index in [2.05, 4.69) is 21.5 Å². The van der Waals surface area contributed by atoms with Crippen LogP contribution in [0, 0.1) is 22.5 Å². The monoisotopic (exact) mass is 528 g/mol. The third-order valence-corrected chi connectivity index (χ3v) is 6.10. The number of anilines is 1. The van der Waals surface area contributed by atoms with Gasteiger partial charge in [-0.15, -0.1) is 6.42 Å². The summed E-state index contributed by atoms with van der Waals surface area (Å²) < 4.78 is 11.9. The zero-order valence-electron chi connectivity index (χ0n) is 21.1. The summed E-state index contributed by atoms with van der Waals surface area (Å²) in [6, 6.07) is 17.8. The molecule has 200 valence electrons. The maximum atomic E-state index is 13.0. The molecule has 0 fully saturated rings. The molecule has 0 saturated carbocycles. The van der Waals surface area contributed by atoms with E-state index in [0.29, 0.717) is 18.8 Å². The molecular formula is C29H28N4O6. The fraction of sp³-hybridized carbons (Fsp3) is 0.241. The number of ether oxygens (including phenoxy) is 2. The highest BCUT2D eigenvalue weighted by molar-refractivity contribution is 5.91. The van der Waals surface area contributed by atoms with E-state index in [-0.39, 0.29) is 43.0 Å². The minimum atomic E-state index is -0.659. The van der Waals surface area contributed by atoms with Crippen LogP contribution in [0.1, 0.15) is 34.6 Å². The summed E-state index contributed by atoms with van der Waals surface area (Å²) in [6.07, 6.45) is 8.28. The zero-order chi connectivity index (χ0) is 27.6. The Labute approximate surface area is 225 Å². The number of aliphatic hydroxyl groups excluding tert-OH is 1. The third kappa shape index (κ3) is 7.64. The van der Waals surface area contributed by atoms with Crippen molar-refractivity contribution >= 4 is 17.4 Å². The molecule has 1 aliphatic heterocycles. The molecule has 3 aromatic rings. The maximum Gasteiger partial charge on any atom is 0.287 e. The second kappa shape index (κ2) is 13.2. The molecule has 4 rings (SSSR count). The molecular weight excluding hydrogens is 500 g/mol. The quantitative estimate of drug-likeness (QED) is 0.149. The highest BCUT2D eigenvalue weighted by Gasteiger charge is 2.28. The van der Waals surface area contributed by atoms with Crippen molar-refractivity contribution in [2.24, 2.45) is 0 Å². The van der Waals surface area contributed by atoms with Crippen LogP contribution in [-0.2, 0) is 27.5 Å². The number of hydrogen-bond acceptors (Lipinski definition) is 8. The molecule has 10 heteroatoms. The van der Waals surface area contributed by atoms with Crippen LogP contribution in [0.15, 0.2) is 78.7 Å². The lowest BCUT2D eigenvalue weighted by molar-refractivity contribution is -0.385. The second-order valence-corrected chi connectivity index (χ2v) is 8.81. The lowest BCUT2D eigenvalue weighted by Crippen LogP contribution is -2.35. The van der Waals surface area contributed by atoms with Gasteiger partial charge in [0.2, 0.25) is 6.29 Å². The number of hydrogen-bond donors (Lipinski definition) is 3. The van der Waals surface area contributed by atoms with E-state index >= 15 is 0 Å². The Kier molecular flexibility index (Phi) is 9.24. The maximum absolute atomic E-state index is 13.0. The van der Waals surface area contributed by atoms with E-state index < -0.39 is 11.2 Å². The Hall–Kier alpha value is -4.72. The topological polar surface area (TPSA) is 136 Å². The third-order valence-electron chi connectivity index (χ3n) is 6.10. The molecule has 2 atom stereocenters. The van der Waals surface area contributed by atoms with Crippen molar-refractivity contribution in [3.05, 3.63) is 111 Å². The van der Waals surface area contributed by atoms with Crippen molar-refractivity contribution in [1.82, 2.24) is 10.3 Å². The number of nitro groups is 1. The molecule has 0 radical (unpaired) electrons. The predicted octanol–water partition coefficient (Wildman–Crippen LogP) is 3.62. The number of nitrogens with one attached hydrogen (secondary N) is 2. The van der Waals surface area contributed by atoms with Gasteiger partial charge in [0.25, 0.3) is 11.6 Å². The van der Waals surface area contributed by atoms with Crippen molar-refractivity contribution in [3.63, 3.8) is 0 Å². The molecule has 0 saturated heterocycles. The minimum Gasteiger partial charge on any atom is -0.459 e. The number of nitrogens with zero attached hydrogens (tertiary/aromatic N) is 2. The summed E-state index contributed by atoms with van der Waals surface area (Å²) >= 11 is 0. The van der Waals surface area contributed by atoms with Crippen LogP contribution in [0.3, 0.4) is 0 Å². The van der Waals surface area contributed by atoms with Gasteiger partial charge in [-0.05, 0) is 41.0 Å². The van der Waals surface area contributed by atoms with Crippen molar-refractivity contribution in [1.29, 1.82) is 0 Å². The lowest BCUT2D eigenvalue weighted by atomic mass is 9.92. The van der Waals surface area contributed by atoms with Gasteiger partial charge in [-0.3, -0.25) is 14.9 Å². The molecule has 2 heterocycles. The molecule has 1 amide bonds. The van der Waals surface area contributed by atoms with Crippen molar-refractivity contribution in [2.75, 3.05) is 18.4 Å². The lowest BCUT2D eigenvalue weighted by Gasteiger charge is -2.29. The average molecular weight is 529 g/mol. The van der Waals surface area contributed by atoms with Crippen molar-refractivity contribution in [3.8, 4) is 12.3 Å². The van der Waals surface area contributed by atoms with E-state index in [9.17, 15) is 20.0 Å². The minimum absolute atomic E-state index is 0.0316. The molecule has 3 N–H and O–H groups in total. The number of carbonyl (C=O) groups is 1. The van der Waals surface area contributed by atoms with Gasteiger partial charge in [0.05, 0.1) is 18.1 Å². The Bertz CT molecular complexity index is 1350. The summed E-state index contributed by atoms with van der Waals surface area (Å²) in [5.41, 5.74) is 3.37. The molecule has 0 bridgehead atoms. The Morgan fingerprint density at radius 1 is 1.13 bits per heavy atom. The largest absolute Gasteiger partial charge is 0.459 e. The fourth-order valence-electron chi connectivity index (χ4n) is 3.96. The molecule has 39 heavy (non-hydrogen) atoms. The van der Waals surface area contributed by atoms with Crippen LogP contribution < -0.4 is 10.6 Å². The molecule has 0 aliphatic carbocycles. The van der Waals surface area contributed by atoms with Crippen LogP contribution in [0.25, 0.3) is 0 Å². The molecule has 10 nitrogen and oxygen atoms in total. The SMILES string of the molecule is C#Cc1ccc([C@@H]2C=C(C(=O)NCCNc3ccc([N+](=O)[O-])cn3)O[C@H](OCc3ccc(CO)cc3)C2)cc1. The second-order valence-electron chi connectivity index (χ2n) is 8.81. The van der Waals surface area contributed by atoms with Gasteiger partial charge in [0.15, 0.2) is 5.76 Å². The first-order valence-electron chi connectivity index (χ1n) is 12.3. The van der Waals surface area contributed by atoms with E-state index in [0.717, 1.165) is 22.3 Å². The van der Waals surface area contributed by atoms with Crippen LogP contribution in [-0.4, -0.2) is 40.3 Å². The summed E-state index contributed by atoms with van der Waals surface area (Å²) in [4.78, 5) is 27.2. The number of rotatable bonds is 11. The van der Waals surface area contributed by atoms with E-state index in [4.69, 9.17) is 15.9 Å². The number of benzene rings is 2. The van der Waals surface area contributed by atoms with Gasteiger partial charge in [-0.25, -0.2) is 4.98 Å². The number of allylic oxidation sites excluding steroid dienone is 1. The molecule has 0 unspecified atom stereocenters. The van der Waals surface area contributed by atoms with Crippen LogP contribution in [0.2, 0.25) is 0 Å².